The van der Waals surface area contributed by atoms with Crippen molar-refractivity contribution in [3.63, 3.8) is 0 Å². The second-order valence-corrected chi connectivity index (χ2v) is 3.52. The van der Waals surface area contributed by atoms with Crippen LogP contribution in [0.1, 0.15) is 38.5 Å². The number of hydrogen-bond donors (Lipinski definition) is 1. The normalized spacial score (nSPS) is 21.2. The summed E-state index contributed by atoms with van der Waals surface area (Å²) in [4.78, 5) is 10.5. The Labute approximate surface area is 72.0 Å². The maximum atomic E-state index is 10.5. The number of rotatable bonds is 2. The SMILES string of the molecule is N#CC1(CC(=O)O)CCCCC1. The number of carbonyl (C=O) groups is 1. The minimum Gasteiger partial charge on any atom is -0.481 e. The summed E-state index contributed by atoms with van der Waals surface area (Å²) in [5, 5.41) is 17.5. The molecule has 1 N–H and O–H groups in total. The van der Waals surface area contributed by atoms with Crippen LogP contribution in [0.4, 0.5) is 0 Å². The van der Waals surface area contributed by atoms with Gasteiger partial charge >= 0.3 is 5.97 Å². The molecule has 0 unspecified atom stereocenters. The fourth-order valence-electron chi connectivity index (χ4n) is 1.85. The topological polar surface area (TPSA) is 61.1 Å². The van der Waals surface area contributed by atoms with Crippen molar-refractivity contribution in [2.75, 3.05) is 0 Å². The highest BCUT2D eigenvalue weighted by atomic mass is 16.4. The fraction of sp³-hybridized carbons (Fsp3) is 0.778. The Bertz CT molecular complexity index is 211. The van der Waals surface area contributed by atoms with E-state index in [1.54, 1.807) is 0 Å². The molecule has 1 rings (SSSR count). The van der Waals surface area contributed by atoms with Crippen LogP contribution >= 0.6 is 0 Å². The monoisotopic (exact) mass is 167 g/mol. The third kappa shape index (κ3) is 1.97. The van der Waals surface area contributed by atoms with E-state index in [-0.39, 0.29) is 6.42 Å². The molecule has 1 saturated carbocycles. The number of aliphatic carboxylic acids is 1. The first-order valence-electron chi connectivity index (χ1n) is 4.32. The van der Waals surface area contributed by atoms with Gasteiger partial charge in [0.15, 0.2) is 0 Å². The lowest BCUT2D eigenvalue weighted by atomic mass is 9.73. The molecule has 3 heteroatoms. The molecular weight excluding hydrogens is 154 g/mol. The van der Waals surface area contributed by atoms with Crippen molar-refractivity contribution in [2.24, 2.45) is 5.41 Å². The van der Waals surface area contributed by atoms with E-state index < -0.39 is 11.4 Å². The molecule has 0 aromatic heterocycles. The van der Waals surface area contributed by atoms with Crippen LogP contribution in [0.15, 0.2) is 0 Å². The number of hydrogen-bond acceptors (Lipinski definition) is 2. The van der Waals surface area contributed by atoms with Gasteiger partial charge in [-0.3, -0.25) is 4.79 Å². The van der Waals surface area contributed by atoms with Crippen LogP contribution < -0.4 is 0 Å². The molecule has 0 bridgehead atoms. The minimum absolute atomic E-state index is 0.0174. The molecule has 0 saturated heterocycles. The smallest absolute Gasteiger partial charge is 0.304 e. The van der Waals surface area contributed by atoms with E-state index in [1.807, 2.05) is 0 Å². The molecule has 1 aliphatic carbocycles. The molecule has 0 spiro atoms. The summed E-state index contributed by atoms with van der Waals surface area (Å²) in [5.74, 6) is -0.849. The Morgan fingerprint density at radius 1 is 1.42 bits per heavy atom. The zero-order chi connectivity index (χ0) is 9.03. The molecule has 0 aliphatic heterocycles. The van der Waals surface area contributed by atoms with Gasteiger partial charge in [0.1, 0.15) is 0 Å². The van der Waals surface area contributed by atoms with Crippen LogP contribution in [0, 0.1) is 16.7 Å². The van der Waals surface area contributed by atoms with Gasteiger partial charge < -0.3 is 5.11 Å². The van der Waals surface area contributed by atoms with Gasteiger partial charge in [-0.25, -0.2) is 0 Å². The lowest BCUT2D eigenvalue weighted by Gasteiger charge is -2.28. The van der Waals surface area contributed by atoms with E-state index in [1.165, 1.54) is 0 Å². The molecule has 66 valence electrons. The van der Waals surface area contributed by atoms with Crippen LogP contribution in [0.3, 0.4) is 0 Å². The highest BCUT2D eigenvalue weighted by Gasteiger charge is 2.34. The first kappa shape index (κ1) is 9.05. The third-order valence-electron chi connectivity index (χ3n) is 2.54. The van der Waals surface area contributed by atoms with Crippen molar-refractivity contribution >= 4 is 5.97 Å². The Morgan fingerprint density at radius 2 is 2.00 bits per heavy atom. The quantitative estimate of drug-likeness (QED) is 0.683. The zero-order valence-electron chi connectivity index (χ0n) is 7.05. The molecular formula is C9H13NO2. The largest absolute Gasteiger partial charge is 0.481 e. The van der Waals surface area contributed by atoms with Gasteiger partial charge in [0.2, 0.25) is 0 Å². The second kappa shape index (κ2) is 3.57. The summed E-state index contributed by atoms with van der Waals surface area (Å²) >= 11 is 0. The van der Waals surface area contributed by atoms with Crippen molar-refractivity contribution in [3.8, 4) is 6.07 Å². The third-order valence-corrected chi connectivity index (χ3v) is 2.54. The molecule has 0 heterocycles. The minimum atomic E-state index is -0.849. The maximum Gasteiger partial charge on any atom is 0.304 e. The van der Waals surface area contributed by atoms with E-state index in [0.29, 0.717) is 0 Å². The predicted molar refractivity (Wildman–Crippen MR) is 43.4 cm³/mol. The van der Waals surface area contributed by atoms with Crippen LogP contribution in [-0.2, 0) is 4.79 Å². The van der Waals surface area contributed by atoms with Crippen molar-refractivity contribution in [1.29, 1.82) is 5.26 Å². The van der Waals surface area contributed by atoms with Gasteiger partial charge in [0.05, 0.1) is 17.9 Å². The van der Waals surface area contributed by atoms with E-state index in [4.69, 9.17) is 10.4 Å². The maximum absolute atomic E-state index is 10.5. The summed E-state index contributed by atoms with van der Waals surface area (Å²) in [6.45, 7) is 0. The number of carboxylic acid groups (broad SMARTS) is 1. The molecule has 0 aromatic carbocycles. The average Bonchev–Trinajstić information content (AvgIpc) is 2.05. The Kier molecular flexibility index (Phi) is 2.69. The fourth-order valence-corrected chi connectivity index (χ4v) is 1.85. The molecule has 1 fully saturated rings. The van der Waals surface area contributed by atoms with Crippen molar-refractivity contribution in [1.82, 2.24) is 0 Å². The van der Waals surface area contributed by atoms with E-state index in [9.17, 15) is 4.79 Å². The summed E-state index contributed by atoms with van der Waals surface area (Å²) in [5.41, 5.74) is -0.552. The first-order valence-corrected chi connectivity index (χ1v) is 4.32. The molecule has 0 amide bonds. The van der Waals surface area contributed by atoms with Gasteiger partial charge in [0, 0.05) is 0 Å². The second-order valence-electron chi connectivity index (χ2n) is 3.52. The van der Waals surface area contributed by atoms with E-state index in [0.717, 1.165) is 32.1 Å². The van der Waals surface area contributed by atoms with Gasteiger partial charge in [-0.1, -0.05) is 19.3 Å². The number of nitriles is 1. The molecule has 3 nitrogen and oxygen atoms in total. The standard InChI is InChI=1S/C9H13NO2/c10-7-9(6-8(11)12)4-2-1-3-5-9/h1-6H2,(H,11,12). The summed E-state index contributed by atoms with van der Waals surface area (Å²) in [6, 6.07) is 2.17. The highest BCUT2D eigenvalue weighted by Crippen LogP contribution is 2.38. The van der Waals surface area contributed by atoms with Crippen LogP contribution in [-0.4, -0.2) is 11.1 Å². The summed E-state index contributed by atoms with van der Waals surface area (Å²) in [7, 11) is 0. The molecule has 12 heavy (non-hydrogen) atoms. The average molecular weight is 167 g/mol. The van der Waals surface area contributed by atoms with Crippen LogP contribution in [0.5, 0.6) is 0 Å². The lowest BCUT2D eigenvalue weighted by Crippen LogP contribution is -2.25. The molecule has 0 radical (unpaired) electrons. The summed E-state index contributed by atoms with van der Waals surface area (Å²) < 4.78 is 0. The van der Waals surface area contributed by atoms with Crippen LogP contribution in [0.25, 0.3) is 0 Å². The van der Waals surface area contributed by atoms with E-state index in [2.05, 4.69) is 6.07 Å². The number of carboxylic acids is 1. The zero-order valence-corrected chi connectivity index (χ0v) is 7.05. The first-order chi connectivity index (χ1) is 5.68. The van der Waals surface area contributed by atoms with E-state index >= 15 is 0 Å². The molecule has 0 atom stereocenters. The lowest BCUT2D eigenvalue weighted by molar-refractivity contribution is -0.139. The van der Waals surface area contributed by atoms with Crippen LogP contribution in [0.2, 0.25) is 0 Å². The van der Waals surface area contributed by atoms with Gasteiger partial charge in [-0.05, 0) is 12.8 Å². The van der Waals surface area contributed by atoms with Gasteiger partial charge in [-0.15, -0.1) is 0 Å². The molecule has 0 aromatic rings. The van der Waals surface area contributed by atoms with Crippen molar-refractivity contribution < 1.29 is 9.90 Å². The molecule has 1 aliphatic rings. The Balaban J connectivity index is 2.61. The van der Waals surface area contributed by atoms with Gasteiger partial charge in [-0.2, -0.15) is 5.26 Å². The Hall–Kier alpha value is -1.04. The summed E-state index contributed by atoms with van der Waals surface area (Å²) in [6.07, 6.45) is 4.68. The van der Waals surface area contributed by atoms with Crippen molar-refractivity contribution in [2.45, 2.75) is 38.5 Å². The number of nitrogens with zero attached hydrogens (tertiary/aromatic N) is 1. The predicted octanol–water partition coefficient (Wildman–Crippen LogP) is 1.94. The Morgan fingerprint density at radius 3 is 2.42 bits per heavy atom. The van der Waals surface area contributed by atoms with Crippen molar-refractivity contribution in [3.05, 3.63) is 0 Å². The van der Waals surface area contributed by atoms with Gasteiger partial charge in [0.25, 0.3) is 0 Å². The highest BCUT2D eigenvalue weighted by molar-refractivity contribution is 5.68.